The van der Waals surface area contributed by atoms with E-state index in [4.69, 9.17) is 0 Å². The summed E-state index contributed by atoms with van der Waals surface area (Å²) in [6.45, 7) is 6.01. The minimum absolute atomic E-state index is 0.0581. The number of hydrogen-bond acceptors (Lipinski definition) is 1. The van der Waals surface area contributed by atoms with Gasteiger partial charge in [0.05, 0.1) is 0 Å². The first-order chi connectivity index (χ1) is 9.06. The standard InChI is InChI=1S/C18H18O/c1-13-5-4-6-16(11-13)9-10-18(19)17-12-14(2)7-8-15(17)3/h4-12H,1-3H3/b10-9+. The first-order valence-corrected chi connectivity index (χ1v) is 6.42. The molecule has 96 valence electrons. The highest BCUT2D eigenvalue weighted by Crippen LogP contribution is 2.13. The van der Waals surface area contributed by atoms with Crippen LogP contribution >= 0.6 is 0 Å². The second-order valence-electron chi connectivity index (χ2n) is 4.93. The highest BCUT2D eigenvalue weighted by molar-refractivity contribution is 6.07. The van der Waals surface area contributed by atoms with Crippen molar-refractivity contribution in [1.29, 1.82) is 0 Å². The van der Waals surface area contributed by atoms with Crippen LogP contribution in [0, 0.1) is 20.8 Å². The number of carbonyl (C=O) groups is 1. The van der Waals surface area contributed by atoms with E-state index < -0.39 is 0 Å². The molecule has 0 unspecified atom stereocenters. The fourth-order valence-corrected chi connectivity index (χ4v) is 2.04. The molecule has 19 heavy (non-hydrogen) atoms. The highest BCUT2D eigenvalue weighted by atomic mass is 16.1. The normalized spacial score (nSPS) is 10.9. The molecule has 1 nitrogen and oxygen atoms in total. The number of ketones is 1. The Morgan fingerprint density at radius 3 is 2.42 bits per heavy atom. The third-order valence-corrected chi connectivity index (χ3v) is 3.13. The van der Waals surface area contributed by atoms with Crippen molar-refractivity contribution in [1.82, 2.24) is 0 Å². The fourth-order valence-electron chi connectivity index (χ4n) is 2.04. The van der Waals surface area contributed by atoms with Gasteiger partial charge in [0.25, 0.3) is 0 Å². The second-order valence-corrected chi connectivity index (χ2v) is 4.93. The lowest BCUT2D eigenvalue weighted by Gasteiger charge is -2.03. The van der Waals surface area contributed by atoms with Gasteiger partial charge in [-0.1, -0.05) is 53.6 Å². The molecule has 0 aromatic heterocycles. The molecule has 2 aromatic rings. The van der Waals surface area contributed by atoms with Crippen molar-refractivity contribution < 1.29 is 4.79 Å². The van der Waals surface area contributed by atoms with E-state index in [0.717, 1.165) is 22.3 Å². The minimum Gasteiger partial charge on any atom is -0.289 e. The molecule has 0 bridgehead atoms. The van der Waals surface area contributed by atoms with Crippen molar-refractivity contribution in [2.75, 3.05) is 0 Å². The van der Waals surface area contributed by atoms with Crippen molar-refractivity contribution in [3.05, 3.63) is 76.4 Å². The molecule has 0 radical (unpaired) electrons. The van der Waals surface area contributed by atoms with Crippen LogP contribution in [0.3, 0.4) is 0 Å². The molecule has 0 saturated carbocycles. The van der Waals surface area contributed by atoms with Crippen LogP contribution in [-0.4, -0.2) is 5.78 Å². The summed E-state index contributed by atoms with van der Waals surface area (Å²) in [5.74, 6) is 0.0581. The Hall–Kier alpha value is -2.15. The van der Waals surface area contributed by atoms with Gasteiger partial charge in [-0.25, -0.2) is 0 Å². The minimum atomic E-state index is 0.0581. The average molecular weight is 250 g/mol. The van der Waals surface area contributed by atoms with Gasteiger partial charge in [-0.05, 0) is 44.0 Å². The first-order valence-electron chi connectivity index (χ1n) is 6.42. The van der Waals surface area contributed by atoms with Crippen molar-refractivity contribution in [3.8, 4) is 0 Å². The molecule has 1 heteroatoms. The number of allylic oxidation sites excluding steroid dienone is 1. The zero-order valence-electron chi connectivity index (χ0n) is 11.6. The smallest absolute Gasteiger partial charge is 0.186 e. The molecule has 2 rings (SSSR count). The zero-order valence-corrected chi connectivity index (χ0v) is 11.6. The number of rotatable bonds is 3. The van der Waals surface area contributed by atoms with Gasteiger partial charge >= 0.3 is 0 Å². The van der Waals surface area contributed by atoms with Crippen LogP contribution in [0.1, 0.15) is 32.6 Å². The van der Waals surface area contributed by atoms with E-state index in [0.29, 0.717) is 0 Å². The van der Waals surface area contributed by atoms with Crippen molar-refractivity contribution in [2.24, 2.45) is 0 Å². The number of benzene rings is 2. The molecular formula is C18H18O. The first kappa shape index (κ1) is 13.3. The van der Waals surface area contributed by atoms with Crippen LogP contribution in [0.25, 0.3) is 6.08 Å². The lowest BCUT2D eigenvalue weighted by molar-refractivity contribution is 0.104. The summed E-state index contributed by atoms with van der Waals surface area (Å²) < 4.78 is 0. The second kappa shape index (κ2) is 5.66. The Kier molecular flexibility index (Phi) is 3.96. The molecular weight excluding hydrogens is 232 g/mol. The fraction of sp³-hybridized carbons (Fsp3) is 0.167. The molecule has 0 aliphatic heterocycles. The van der Waals surface area contributed by atoms with Crippen molar-refractivity contribution in [3.63, 3.8) is 0 Å². The predicted octanol–water partition coefficient (Wildman–Crippen LogP) is 4.51. The SMILES string of the molecule is Cc1cccc(/C=C/C(=O)c2cc(C)ccc2C)c1. The van der Waals surface area contributed by atoms with Crippen molar-refractivity contribution in [2.45, 2.75) is 20.8 Å². The Labute approximate surface area is 114 Å². The quantitative estimate of drug-likeness (QED) is 0.578. The van der Waals surface area contributed by atoms with Gasteiger partial charge in [-0.15, -0.1) is 0 Å². The summed E-state index contributed by atoms with van der Waals surface area (Å²) in [7, 11) is 0. The Balaban J connectivity index is 2.23. The molecule has 0 heterocycles. The summed E-state index contributed by atoms with van der Waals surface area (Å²) in [5.41, 5.74) is 5.16. The van der Waals surface area contributed by atoms with Gasteiger partial charge < -0.3 is 0 Å². The summed E-state index contributed by atoms with van der Waals surface area (Å²) in [6.07, 6.45) is 3.52. The van der Waals surface area contributed by atoms with Crippen LogP contribution in [0.2, 0.25) is 0 Å². The third kappa shape index (κ3) is 3.41. The molecule has 0 spiro atoms. The Morgan fingerprint density at radius 1 is 0.947 bits per heavy atom. The molecule has 0 atom stereocenters. The van der Waals surface area contributed by atoms with Gasteiger partial charge in [0, 0.05) is 5.56 Å². The van der Waals surface area contributed by atoms with Gasteiger partial charge in [0.2, 0.25) is 0 Å². The topological polar surface area (TPSA) is 17.1 Å². The van der Waals surface area contributed by atoms with E-state index in [1.165, 1.54) is 5.56 Å². The lowest BCUT2D eigenvalue weighted by Crippen LogP contribution is -1.98. The molecule has 0 aliphatic carbocycles. The summed E-state index contributed by atoms with van der Waals surface area (Å²) in [4.78, 5) is 12.2. The molecule has 0 amide bonds. The summed E-state index contributed by atoms with van der Waals surface area (Å²) >= 11 is 0. The van der Waals surface area contributed by atoms with Crippen LogP contribution in [-0.2, 0) is 0 Å². The Morgan fingerprint density at radius 2 is 1.68 bits per heavy atom. The van der Waals surface area contributed by atoms with Crippen molar-refractivity contribution >= 4 is 11.9 Å². The summed E-state index contributed by atoms with van der Waals surface area (Å²) in [6, 6.07) is 14.1. The third-order valence-electron chi connectivity index (χ3n) is 3.13. The van der Waals surface area contributed by atoms with Gasteiger partial charge in [-0.3, -0.25) is 4.79 Å². The van der Waals surface area contributed by atoms with Gasteiger partial charge in [0.1, 0.15) is 0 Å². The number of carbonyl (C=O) groups excluding carboxylic acids is 1. The van der Waals surface area contributed by atoms with Crippen LogP contribution < -0.4 is 0 Å². The van der Waals surface area contributed by atoms with Crippen LogP contribution in [0.15, 0.2) is 48.5 Å². The van der Waals surface area contributed by atoms with Gasteiger partial charge in [0.15, 0.2) is 5.78 Å². The molecule has 2 aromatic carbocycles. The van der Waals surface area contributed by atoms with Crippen LogP contribution in [0.5, 0.6) is 0 Å². The predicted molar refractivity (Wildman–Crippen MR) is 80.5 cm³/mol. The monoisotopic (exact) mass is 250 g/mol. The maximum absolute atomic E-state index is 12.2. The highest BCUT2D eigenvalue weighted by Gasteiger charge is 2.05. The van der Waals surface area contributed by atoms with E-state index in [-0.39, 0.29) is 5.78 Å². The molecule has 0 aliphatic rings. The number of aryl methyl sites for hydroxylation is 3. The molecule has 0 saturated heterocycles. The maximum atomic E-state index is 12.2. The van der Waals surface area contributed by atoms with E-state index in [1.807, 2.05) is 63.2 Å². The zero-order chi connectivity index (χ0) is 13.8. The van der Waals surface area contributed by atoms with Gasteiger partial charge in [-0.2, -0.15) is 0 Å². The molecule has 0 N–H and O–H groups in total. The lowest BCUT2D eigenvalue weighted by atomic mass is 10.0. The van der Waals surface area contributed by atoms with E-state index in [2.05, 4.69) is 6.07 Å². The summed E-state index contributed by atoms with van der Waals surface area (Å²) in [5, 5.41) is 0. The average Bonchev–Trinajstić information content (AvgIpc) is 2.39. The largest absolute Gasteiger partial charge is 0.289 e. The maximum Gasteiger partial charge on any atom is 0.186 e. The number of hydrogen-bond donors (Lipinski definition) is 0. The van der Waals surface area contributed by atoms with E-state index in [1.54, 1.807) is 6.08 Å². The van der Waals surface area contributed by atoms with E-state index in [9.17, 15) is 4.79 Å². The molecule has 0 fully saturated rings. The van der Waals surface area contributed by atoms with Crippen LogP contribution in [0.4, 0.5) is 0 Å². The van der Waals surface area contributed by atoms with E-state index >= 15 is 0 Å². The Bertz CT molecular complexity index is 636.